The Morgan fingerprint density at radius 1 is 1.19 bits per heavy atom. The highest BCUT2D eigenvalue weighted by atomic mass is 19.2. The number of methoxy groups -OCH3 is 1. The quantitative estimate of drug-likeness (QED) is 0.658. The Hall–Kier alpha value is -2.02. The summed E-state index contributed by atoms with van der Waals surface area (Å²) in [6.45, 7) is 2.87. The number of hydrogen-bond donors (Lipinski definition) is 1. The van der Waals surface area contributed by atoms with Crippen LogP contribution in [0.25, 0.3) is 5.69 Å². The van der Waals surface area contributed by atoms with Gasteiger partial charge in [-0.25, -0.2) is 18.2 Å². The second-order valence-electron chi connectivity index (χ2n) is 4.57. The highest BCUT2D eigenvalue weighted by Gasteiger charge is 2.15. The normalized spacial score (nSPS) is 10.9. The monoisotopic (exact) mass is 299 g/mol. The molecule has 1 aromatic heterocycles. The maximum Gasteiger partial charge on any atom is 0.207 e. The zero-order valence-electron chi connectivity index (χ0n) is 11.8. The van der Waals surface area contributed by atoms with E-state index in [0.29, 0.717) is 30.9 Å². The Morgan fingerprint density at radius 3 is 2.62 bits per heavy atom. The minimum absolute atomic E-state index is 0.0938. The lowest BCUT2D eigenvalue weighted by Crippen LogP contribution is -2.10. The average Bonchev–Trinajstić information content (AvgIpc) is 2.80. The van der Waals surface area contributed by atoms with Gasteiger partial charge in [0.2, 0.25) is 5.95 Å². The standard InChI is InChI=1S/C14H16F3N3O/c1-9-8-20(14(19-9)18-4-3-5-21-2)13-7-11(16)10(15)6-12(13)17/h6-8H,3-5H2,1-2H3,(H,18,19). The summed E-state index contributed by atoms with van der Waals surface area (Å²) in [6, 6.07) is 1.33. The van der Waals surface area contributed by atoms with Gasteiger partial charge in [0.25, 0.3) is 0 Å². The molecule has 1 heterocycles. The lowest BCUT2D eigenvalue weighted by Gasteiger charge is -2.11. The Labute approximate surface area is 120 Å². The van der Waals surface area contributed by atoms with Crippen molar-refractivity contribution >= 4 is 5.95 Å². The lowest BCUT2D eigenvalue weighted by atomic mass is 10.3. The van der Waals surface area contributed by atoms with Gasteiger partial charge in [-0.05, 0) is 13.3 Å². The molecular formula is C14H16F3N3O. The molecule has 0 aliphatic rings. The molecule has 0 fully saturated rings. The van der Waals surface area contributed by atoms with Crippen molar-refractivity contribution < 1.29 is 17.9 Å². The van der Waals surface area contributed by atoms with Crippen LogP contribution in [0.1, 0.15) is 12.1 Å². The molecule has 114 valence electrons. The second-order valence-corrected chi connectivity index (χ2v) is 4.57. The van der Waals surface area contributed by atoms with Gasteiger partial charge >= 0.3 is 0 Å². The van der Waals surface area contributed by atoms with Gasteiger partial charge in [0, 0.05) is 38.6 Å². The predicted octanol–water partition coefficient (Wildman–Crippen LogP) is 3.05. The molecule has 0 radical (unpaired) electrons. The zero-order valence-corrected chi connectivity index (χ0v) is 11.8. The molecule has 2 rings (SSSR count). The lowest BCUT2D eigenvalue weighted by molar-refractivity contribution is 0.197. The summed E-state index contributed by atoms with van der Waals surface area (Å²) in [6.07, 6.45) is 2.29. The van der Waals surface area contributed by atoms with Crippen LogP contribution in [0, 0.1) is 24.4 Å². The Morgan fingerprint density at radius 2 is 1.90 bits per heavy atom. The number of imidazole rings is 1. The fourth-order valence-corrected chi connectivity index (χ4v) is 1.92. The van der Waals surface area contributed by atoms with Crippen LogP contribution in [0.5, 0.6) is 0 Å². The van der Waals surface area contributed by atoms with Crippen LogP contribution in [0.3, 0.4) is 0 Å². The molecule has 0 unspecified atom stereocenters. The summed E-state index contributed by atoms with van der Waals surface area (Å²) in [5.41, 5.74) is 0.539. The molecule has 2 aromatic rings. The van der Waals surface area contributed by atoms with E-state index in [2.05, 4.69) is 10.3 Å². The summed E-state index contributed by atoms with van der Waals surface area (Å²) in [7, 11) is 1.60. The number of rotatable bonds is 6. The van der Waals surface area contributed by atoms with Gasteiger partial charge in [-0.15, -0.1) is 0 Å². The van der Waals surface area contributed by atoms with Crippen molar-refractivity contribution in [1.29, 1.82) is 0 Å². The number of anilines is 1. The molecule has 4 nitrogen and oxygen atoms in total. The van der Waals surface area contributed by atoms with Crippen LogP contribution in [0.15, 0.2) is 18.3 Å². The Bertz CT molecular complexity index is 628. The molecular weight excluding hydrogens is 283 g/mol. The number of ether oxygens (including phenoxy) is 1. The maximum atomic E-state index is 13.8. The number of hydrogen-bond acceptors (Lipinski definition) is 3. The third-order valence-corrected chi connectivity index (χ3v) is 2.88. The molecule has 0 amide bonds. The van der Waals surface area contributed by atoms with Gasteiger partial charge in [0.05, 0.1) is 11.4 Å². The van der Waals surface area contributed by atoms with Gasteiger partial charge < -0.3 is 10.1 Å². The topological polar surface area (TPSA) is 39.1 Å². The Balaban J connectivity index is 2.29. The molecule has 0 spiro atoms. The van der Waals surface area contributed by atoms with Crippen LogP contribution in [0.4, 0.5) is 19.1 Å². The van der Waals surface area contributed by atoms with E-state index in [4.69, 9.17) is 4.74 Å². The van der Waals surface area contributed by atoms with Crippen LogP contribution in [-0.2, 0) is 4.74 Å². The van der Waals surface area contributed by atoms with Crippen LogP contribution >= 0.6 is 0 Å². The van der Waals surface area contributed by atoms with Crippen molar-refractivity contribution in [2.75, 3.05) is 25.6 Å². The van der Waals surface area contributed by atoms with E-state index < -0.39 is 17.5 Å². The van der Waals surface area contributed by atoms with E-state index >= 15 is 0 Å². The minimum atomic E-state index is -1.22. The molecule has 1 N–H and O–H groups in total. The first-order valence-corrected chi connectivity index (χ1v) is 6.46. The van der Waals surface area contributed by atoms with E-state index in [9.17, 15) is 13.2 Å². The smallest absolute Gasteiger partial charge is 0.207 e. The van der Waals surface area contributed by atoms with E-state index in [1.165, 1.54) is 4.57 Å². The predicted molar refractivity (Wildman–Crippen MR) is 73.2 cm³/mol. The van der Waals surface area contributed by atoms with E-state index in [0.717, 1.165) is 12.5 Å². The summed E-state index contributed by atoms with van der Waals surface area (Å²) < 4.78 is 46.5. The van der Waals surface area contributed by atoms with Crippen LogP contribution < -0.4 is 5.32 Å². The van der Waals surface area contributed by atoms with Crippen molar-refractivity contribution in [3.05, 3.63) is 41.5 Å². The van der Waals surface area contributed by atoms with E-state index in [1.807, 2.05) is 0 Å². The molecule has 0 aliphatic carbocycles. The number of nitrogens with zero attached hydrogens (tertiary/aromatic N) is 2. The van der Waals surface area contributed by atoms with Gasteiger partial charge in [0.15, 0.2) is 11.6 Å². The SMILES string of the molecule is COCCCNc1nc(C)cn1-c1cc(F)c(F)cc1F. The first-order valence-electron chi connectivity index (χ1n) is 6.46. The number of benzene rings is 1. The highest BCUT2D eigenvalue weighted by Crippen LogP contribution is 2.22. The van der Waals surface area contributed by atoms with Crippen molar-refractivity contribution in [1.82, 2.24) is 9.55 Å². The Kier molecular flexibility index (Phi) is 4.85. The van der Waals surface area contributed by atoms with Crippen molar-refractivity contribution in [3.8, 4) is 5.69 Å². The first kappa shape index (κ1) is 15.4. The average molecular weight is 299 g/mol. The number of aryl methyl sites for hydroxylation is 1. The van der Waals surface area contributed by atoms with Gasteiger partial charge in [0.1, 0.15) is 5.82 Å². The molecule has 1 aromatic carbocycles. The number of halogens is 3. The zero-order chi connectivity index (χ0) is 15.4. The van der Waals surface area contributed by atoms with Crippen molar-refractivity contribution in [3.63, 3.8) is 0 Å². The molecule has 0 aliphatic heterocycles. The summed E-state index contributed by atoms with van der Waals surface area (Å²) in [4.78, 5) is 4.21. The van der Waals surface area contributed by atoms with E-state index in [-0.39, 0.29) is 5.69 Å². The van der Waals surface area contributed by atoms with Gasteiger partial charge in [-0.1, -0.05) is 0 Å². The van der Waals surface area contributed by atoms with Gasteiger partial charge in [-0.2, -0.15) is 0 Å². The fourth-order valence-electron chi connectivity index (χ4n) is 1.92. The minimum Gasteiger partial charge on any atom is -0.385 e. The van der Waals surface area contributed by atoms with Crippen LogP contribution in [0.2, 0.25) is 0 Å². The third kappa shape index (κ3) is 3.55. The summed E-state index contributed by atoms with van der Waals surface area (Å²) >= 11 is 0. The maximum absolute atomic E-state index is 13.8. The van der Waals surface area contributed by atoms with Crippen molar-refractivity contribution in [2.24, 2.45) is 0 Å². The van der Waals surface area contributed by atoms with Gasteiger partial charge in [-0.3, -0.25) is 4.57 Å². The summed E-state index contributed by atoms with van der Waals surface area (Å²) in [5, 5.41) is 3.02. The highest BCUT2D eigenvalue weighted by molar-refractivity contribution is 5.44. The first-order chi connectivity index (χ1) is 10.0. The largest absolute Gasteiger partial charge is 0.385 e. The molecule has 0 saturated carbocycles. The number of nitrogens with one attached hydrogen (secondary N) is 1. The van der Waals surface area contributed by atoms with E-state index in [1.54, 1.807) is 20.2 Å². The molecule has 21 heavy (non-hydrogen) atoms. The van der Waals surface area contributed by atoms with Crippen LogP contribution in [-0.4, -0.2) is 29.8 Å². The second kappa shape index (κ2) is 6.62. The van der Waals surface area contributed by atoms with Crippen molar-refractivity contribution in [2.45, 2.75) is 13.3 Å². The third-order valence-electron chi connectivity index (χ3n) is 2.88. The number of aromatic nitrogens is 2. The fraction of sp³-hybridized carbons (Fsp3) is 0.357. The molecule has 0 saturated heterocycles. The molecule has 7 heteroatoms. The molecule has 0 atom stereocenters. The molecule has 0 bridgehead atoms. The summed E-state index contributed by atoms with van der Waals surface area (Å²) in [5.74, 6) is -2.81.